The molecule has 2 nitrogen and oxygen atoms in total. The number of Topliss-reactive ketones (excluding diaryl/α,β-unsaturated/α-hetero) is 2. The number of ketones is 2. The van der Waals surface area contributed by atoms with Crippen molar-refractivity contribution in [1.29, 1.82) is 0 Å². The maximum atomic E-state index is 11.3. The molecule has 0 bridgehead atoms. The van der Waals surface area contributed by atoms with Crippen LogP contribution in [0.15, 0.2) is 0 Å². The Morgan fingerprint density at radius 2 is 1.50 bits per heavy atom. The molecule has 66 valence electrons. The first-order valence-electron chi connectivity index (χ1n) is 4.74. The van der Waals surface area contributed by atoms with E-state index < -0.39 is 0 Å². The lowest BCUT2D eigenvalue weighted by Crippen LogP contribution is -2.32. The van der Waals surface area contributed by atoms with Gasteiger partial charge in [-0.05, 0) is 31.6 Å². The van der Waals surface area contributed by atoms with Crippen molar-refractivity contribution in [3.05, 3.63) is 0 Å². The number of rotatable bonds is 1. The Morgan fingerprint density at radius 1 is 1.00 bits per heavy atom. The SMILES string of the molecule is CC1C(=O)CC(C2CC2)CC1=O. The molecule has 0 heterocycles. The van der Waals surface area contributed by atoms with Crippen LogP contribution in [-0.2, 0) is 9.59 Å². The van der Waals surface area contributed by atoms with Crippen molar-refractivity contribution in [2.45, 2.75) is 32.6 Å². The van der Waals surface area contributed by atoms with Crippen molar-refractivity contribution < 1.29 is 9.59 Å². The first kappa shape index (κ1) is 7.96. The van der Waals surface area contributed by atoms with Crippen molar-refractivity contribution in [3.63, 3.8) is 0 Å². The Balaban J connectivity index is 2.04. The summed E-state index contributed by atoms with van der Waals surface area (Å²) in [6, 6.07) is 0. The first-order valence-corrected chi connectivity index (χ1v) is 4.74. The van der Waals surface area contributed by atoms with Gasteiger partial charge in [0.1, 0.15) is 11.6 Å². The van der Waals surface area contributed by atoms with Crippen molar-refractivity contribution in [3.8, 4) is 0 Å². The number of hydrogen-bond acceptors (Lipinski definition) is 2. The third-order valence-corrected chi connectivity index (χ3v) is 3.18. The molecule has 0 unspecified atom stereocenters. The van der Waals surface area contributed by atoms with Crippen LogP contribution in [0.1, 0.15) is 32.6 Å². The Hall–Kier alpha value is -0.660. The minimum atomic E-state index is -0.306. The van der Waals surface area contributed by atoms with Gasteiger partial charge in [0, 0.05) is 12.8 Å². The molecule has 0 aromatic rings. The molecule has 0 spiro atoms. The summed E-state index contributed by atoms with van der Waals surface area (Å²) in [6.45, 7) is 1.74. The number of carbonyl (C=O) groups is 2. The van der Waals surface area contributed by atoms with Gasteiger partial charge in [0.15, 0.2) is 0 Å². The number of hydrogen-bond donors (Lipinski definition) is 0. The topological polar surface area (TPSA) is 34.1 Å². The highest BCUT2D eigenvalue weighted by atomic mass is 16.2. The fourth-order valence-electron chi connectivity index (χ4n) is 2.02. The lowest BCUT2D eigenvalue weighted by Gasteiger charge is -2.23. The molecule has 2 aliphatic rings. The van der Waals surface area contributed by atoms with Crippen LogP contribution in [0.25, 0.3) is 0 Å². The lowest BCUT2D eigenvalue weighted by molar-refractivity contribution is -0.136. The van der Waals surface area contributed by atoms with E-state index in [4.69, 9.17) is 0 Å². The van der Waals surface area contributed by atoms with Gasteiger partial charge in [0.2, 0.25) is 0 Å². The number of carbonyl (C=O) groups excluding carboxylic acids is 2. The van der Waals surface area contributed by atoms with Crippen LogP contribution in [0, 0.1) is 17.8 Å². The highest BCUT2D eigenvalue weighted by Crippen LogP contribution is 2.43. The normalized spacial score (nSPS) is 37.1. The Morgan fingerprint density at radius 3 is 1.92 bits per heavy atom. The predicted molar refractivity (Wildman–Crippen MR) is 44.6 cm³/mol. The summed E-state index contributed by atoms with van der Waals surface area (Å²) >= 11 is 0. The molecule has 0 saturated heterocycles. The fraction of sp³-hybridized carbons (Fsp3) is 0.800. The third kappa shape index (κ3) is 1.30. The van der Waals surface area contributed by atoms with Gasteiger partial charge in [-0.1, -0.05) is 0 Å². The Labute approximate surface area is 72.3 Å². The summed E-state index contributed by atoms with van der Waals surface area (Å²) in [6.07, 6.45) is 3.80. The van der Waals surface area contributed by atoms with Gasteiger partial charge in [-0.25, -0.2) is 0 Å². The molecule has 12 heavy (non-hydrogen) atoms. The van der Waals surface area contributed by atoms with Crippen LogP contribution in [-0.4, -0.2) is 11.6 Å². The first-order chi connectivity index (χ1) is 5.68. The smallest absolute Gasteiger partial charge is 0.143 e. The van der Waals surface area contributed by atoms with Crippen LogP contribution >= 0.6 is 0 Å². The van der Waals surface area contributed by atoms with Crippen LogP contribution in [0.5, 0.6) is 0 Å². The maximum Gasteiger partial charge on any atom is 0.143 e. The van der Waals surface area contributed by atoms with Gasteiger partial charge in [0.25, 0.3) is 0 Å². The molecule has 0 aliphatic heterocycles. The minimum absolute atomic E-state index is 0.170. The van der Waals surface area contributed by atoms with E-state index in [1.165, 1.54) is 12.8 Å². The van der Waals surface area contributed by atoms with Gasteiger partial charge in [-0.2, -0.15) is 0 Å². The molecule has 0 N–H and O–H groups in total. The van der Waals surface area contributed by atoms with E-state index in [0.717, 1.165) is 0 Å². The second-order valence-corrected chi connectivity index (χ2v) is 4.16. The fourth-order valence-corrected chi connectivity index (χ4v) is 2.02. The predicted octanol–water partition coefficient (Wildman–Crippen LogP) is 1.58. The molecule has 2 aliphatic carbocycles. The van der Waals surface area contributed by atoms with E-state index >= 15 is 0 Å². The third-order valence-electron chi connectivity index (χ3n) is 3.18. The molecule has 0 amide bonds. The maximum absolute atomic E-state index is 11.3. The molecule has 0 radical (unpaired) electrons. The quantitative estimate of drug-likeness (QED) is 0.554. The molecular weight excluding hydrogens is 152 g/mol. The molecule has 2 rings (SSSR count). The minimum Gasteiger partial charge on any atom is -0.299 e. The van der Waals surface area contributed by atoms with Crippen molar-refractivity contribution >= 4 is 11.6 Å². The van der Waals surface area contributed by atoms with Gasteiger partial charge >= 0.3 is 0 Å². The van der Waals surface area contributed by atoms with Crippen LogP contribution < -0.4 is 0 Å². The zero-order chi connectivity index (χ0) is 8.72. The average molecular weight is 166 g/mol. The highest BCUT2D eigenvalue weighted by molar-refractivity contribution is 6.04. The molecule has 0 aromatic heterocycles. The Bertz CT molecular complexity index is 210. The van der Waals surface area contributed by atoms with Crippen LogP contribution in [0.4, 0.5) is 0 Å². The summed E-state index contributed by atoms with van der Waals surface area (Å²) in [7, 11) is 0. The molecule has 2 heteroatoms. The second-order valence-electron chi connectivity index (χ2n) is 4.16. The van der Waals surface area contributed by atoms with E-state index in [1.807, 2.05) is 0 Å². The summed E-state index contributed by atoms with van der Waals surface area (Å²) in [5.74, 6) is 1.14. The monoisotopic (exact) mass is 166 g/mol. The zero-order valence-electron chi connectivity index (χ0n) is 7.38. The van der Waals surface area contributed by atoms with Crippen LogP contribution in [0.2, 0.25) is 0 Å². The molecule has 0 atom stereocenters. The van der Waals surface area contributed by atoms with E-state index in [1.54, 1.807) is 6.92 Å². The van der Waals surface area contributed by atoms with Crippen LogP contribution in [0.3, 0.4) is 0 Å². The molecule has 2 saturated carbocycles. The zero-order valence-corrected chi connectivity index (χ0v) is 7.38. The summed E-state index contributed by atoms with van der Waals surface area (Å²) < 4.78 is 0. The highest BCUT2D eigenvalue weighted by Gasteiger charge is 2.39. The van der Waals surface area contributed by atoms with E-state index in [9.17, 15) is 9.59 Å². The molecule has 2 fully saturated rings. The van der Waals surface area contributed by atoms with Crippen molar-refractivity contribution in [2.24, 2.45) is 17.8 Å². The largest absolute Gasteiger partial charge is 0.299 e. The Kier molecular flexibility index (Phi) is 1.78. The van der Waals surface area contributed by atoms with E-state index in [-0.39, 0.29) is 17.5 Å². The van der Waals surface area contributed by atoms with Crippen molar-refractivity contribution in [2.75, 3.05) is 0 Å². The van der Waals surface area contributed by atoms with Gasteiger partial charge in [0.05, 0.1) is 5.92 Å². The molecule has 0 aromatic carbocycles. The van der Waals surface area contributed by atoms with E-state index in [2.05, 4.69) is 0 Å². The summed E-state index contributed by atoms with van der Waals surface area (Å²) in [4.78, 5) is 22.7. The van der Waals surface area contributed by atoms with Gasteiger partial charge in [-0.3, -0.25) is 9.59 Å². The standard InChI is InChI=1S/C10H14O2/c1-6-9(11)4-8(5-10(6)12)7-2-3-7/h6-8H,2-5H2,1H3. The second kappa shape index (κ2) is 2.68. The van der Waals surface area contributed by atoms with Gasteiger partial charge < -0.3 is 0 Å². The van der Waals surface area contributed by atoms with Crippen molar-refractivity contribution in [1.82, 2.24) is 0 Å². The van der Waals surface area contributed by atoms with Gasteiger partial charge in [-0.15, -0.1) is 0 Å². The lowest BCUT2D eigenvalue weighted by atomic mass is 9.79. The average Bonchev–Trinajstić information content (AvgIpc) is 2.81. The summed E-state index contributed by atoms with van der Waals surface area (Å²) in [5, 5.41) is 0. The summed E-state index contributed by atoms with van der Waals surface area (Å²) in [5.41, 5.74) is 0. The van der Waals surface area contributed by atoms with E-state index in [0.29, 0.717) is 24.7 Å². The molecular formula is C10H14O2.